The molecule has 1 aliphatic heterocycles. The van der Waals surface area contributed by atoms with E-state index in [0.29, 0.717) is 43.4 Å². The van der Waals surface area contributed by atoms with Crippen LogP contribution < -0.4 is 0 Å². The first-order valence-electron chi connectivity index (χ1n) is 11.1. The number of allylic oxidation sites excluding steroid dienone is 3. The summed E-state index contributed by atoms with van der Waals surface area (Å²) in [6.07, 6.45) is 2.60. The van der Waals surface area contributed by atoms with Gasteiger partial charge in [-0.1, -0.05) is 22.9 Å². The van der Waals surface area contributed by atoms with Crippen LogP contribution in [0.15, 0.2) is 23.8 Å². The van der Waals surface area contributed by atoms with Crippen molar-refractivity contribution in [2.24, 2.45) is 5.92 Å². The molecule has 1 saturated carbocycles. The summed E-state index contributed by atoms with van der Waals surface area (Å²) in [7, 11) is 3.28. The zero-order valence-corrected chi connectivity index (χ0v) is 18.6. The SMILES string of the molecule is COC1CN(CC2CC=C(c3ccc4c(nnn4C=C4CC4)c3C(F)(F)F)CC2)C(=O)N1C. The van der Waals surface area contributed by atoms with Crippen molar-refractivity contribution in [3.8, 4) is 0 Å². The highest BCUT2D eigenvalue weighted by atomic mass is 19.4. The highest BCUT2D eigenvalue weighted by Crippen LogP contribution is 2.42. The lowest BCUT2D eigenvalue weighted by Gasteiger charge is -2.27. The fourth-order valence-corrected chi connectivity index (χ4v) is 4.76. The van der Waals surface area contributed by atoms with E-state index in [2.05, 4.69) is 10.3 Å². The Bertz CT molecular complexity index is 1150. The van der Waals surface area contributed by atoms with Gasteiger partial charge in [-0.15, -0.1) is 5.10 Å². The van der Waals surface area contributed by atoms with Gasteiger partial charge >= 0.3 is 12.2 Å². The van der Waals surface area contributed by atoms with E-state index >= 15 is 0 Å². The molecule has 2 aliphatic carbocycles. The zero-order valence-electron chi connectivity index (χ0n) is 18.6. The Balaban J connectivity index is 1.39. The molecule has 2 fully saturated rings. The lowest BCUT2D eigenvalue weighted by molar-refractivity contribution is -0.136. The lowest BCUT2D eigenvalue weighted by Crippen LogP contribution is -2.34. The fourth-order valence-electron chi connectivity index (χ4n) is 4.76. The number of nitrogens with zero attached hydrogens (tertiary/aromatic N) is 5. The van der Waals surface area contributed by atoms with E-state index in [-0.39, 0.29) is 29.3 Å². The molecular formula is C23H26F3N5O2. The summed E-state index contributed by atoms with van der Waals surface area (Å²) in [5.74, 6) is 0.200. The van der Waals surface area contributed by atoms with Gasteiger partial charge in [-0.2, -0.15) is 13.2 Å². The first kappa shape index (κ1) is 21.9. The molecule has 2 unspecified atom stereocenters. The summed E-state index contributed by atoms with van der Waals surface area (Å²) in [6.45, 7) is 1.07. The van der Waals surface area contributed by atoms with E-state index in [4.69, 9.17) is 4.74 Å². The number of carbonyl (C=O) groups excluding carboxylic acids is 1. The van der Waals surface area contributed by atoms with Crippen molar-refractivity contribution in [3.63, 3.8) is 0 Å². The fraction of sp³-hybridized carbons (Fsp3) is 0.522. The van der Waals surface area contributed by atoms with Crippen molar-refractivity contribution in [2.75, 3.05) is 27.2 Å². The Kier molecular flexibility index (Phi) is 5.43. The third-order valence-electron chi connectivity index (χ3n) is 6.77. The second-order valence-corrected chi connectivity index (χ2v) is 9.03. The van der Waals surface area contributed by atoms with Crippen molar-refractivity contribution in [1.29, 1.82) is 0 Å². The van der Waals surface area contributed by atoms with Crippen molar-refractivity contribution >= 4 is 28.8 Å². The standard InChI is InChI=1S/C23H26F3N5O2/c1-29-19(33-2)13-30(22(29)32)11-14-5-7-16(8-6-14)17-9-10-18-21(20(17)23(24,25)26)27-28-31(18)12-15-3-4-15/h7,9-10,12,14,19H,3-6,8,11,13H2,1-2H3. The summed E-state index contributed by atoms with van der Waals surface area (Å²) < 4.78 is 49.2. The number of alkyl halides is 3. The highest BCUT2D eigenvalue weighted by Gasteiger charge is 2.39. The number of hydrogen-bond donors (Lipinski definition) is 0. The number of methoxy groups -OCH3 is 1. The highest BCUT2D eigenvalue weighted by molar-refractivity contribution is 5.87. The van der Waals surface area contributed by atoms with Gasteiger partial charge in [-0.25, -0.2) is 9.48 Å². The van der Waals surface area contributed by atoms with E-state index in [1.54, 1.807) is 42.3 Å². The molecule has 10 heteroatoms. The molecule has 3 aliphatic rings. The summed E-state index contributed by atoms with van der Waals surface area (Å²) in [5, 5.41) is 7.85. The van der Waals surface area contributed by atoms with E-state index < -0.39 is 11.7 Å². The quantitative estimate of drug-likeness (QED) is 0.653. The predicted molar refractivity (Wildman–Crippen MR) is 117 cm³/mol. The maximum atomic E-state index is 14.1. The third-order valence-corrected chi connectivity index (χ3v) is 6.77. The second kappa shape index (κ2) is 8.16. The van der Waals surface area contributed by atoms with Gasteiger partial charge in [-0.05, 0) is 55.2 Å². The molecule has 2 amide bonds. The molecule has 0 radical (unpaired) electrons. The molecule has 0 spiro atoms. The number of urea groups is 1. The Hall–Kier alpha value is -2.88. The molecule has 2 heterocycles. The smallest absolute Gasteiger partial charge is 0.360 e. The number of amides is 2. The molecule has 33 heavy (non-hydrogen) atoms. The summed E-state index contributed by atoms with van der Waals surface area (Å²) >= 11 is 0. The second-order valence-electron chi connectivity index (χ2n) is 9.03. The number of rotatable bonds is 5. The van der Waals surface area contributed by atoms with Gasteiger partial charge in [0.05, 0.1) is 17.6 Å². The molecule has 176 valence electrons. The zero-order chi connectivity index (χ0) is 23.3. The number of fused-ring (bicyclic) bond motifs is 1. The first-order valence-corrected chi connectivity index (χ1v) is 11.1. The number of hydrogen-bond acceptors (Lipinski definition) is 4. The Morgan fingerprint density at radius 1 is 1.24 bits per heavy atom. The number of likely N-dealkylation sites (N-methyl/N-ethyl adjacent to an activating group) is 1. The average Bonchev–Trinajstić information content (AvgIpc) is 3.46. The van der Waals surface area contributed by atoms with E-state index in [0.717, 1.165) is 18.4 Å². The van der Waals surface area contributed by atoms with Gasteiger partial charge in [0, 0.05) is 26.9 Å². The largest absolute Gasteiger partial charge is 0.419 e. The molecular weight excluding hydrogens is 435 g/mol. The van der Waals surface area contributed by atoms with Crippen LogP contribution in [0.25, 0.3) is 22.8 Å². The number of halogens is 3. The van der Waals surface area contributed by atoms with Crippen molar-refractivity contribution in [1.82, 2.24) is 24.8 Å². The number of carbonyl (C=O) groups is 1. The van der Waals surface area contributed by atoms with E-state index in [1.807, 2.05) is 6.08 Å². The number of ether oxygens (including phenoxy) is 1. The maximum Gasteiger partial charge on any atom is 0.419 e. The third kappa shape index (κ3) is 4.12. The van der Waals surface area contributed by atoms with Gasteiger partial charge < -0.3 is 14.5 Å². The van der Waals surface area contributed by atoms with Crippen molar-refractivity contribution in [3.05, 3.63) is 34.9 Å². The van der Waals surface area contributed by atoms with Crippen LogP contribution in [-0.2, 0) is 10.9 Å². The molecule has 5 rings (SSSR count). The average molecular weight is 461 g/mol. The maximum absolute atomic E-state index is 14.1. The Labute approximate surface area is 189 Å². The minimum Gasteiger partial charge on any atom is -0.360 e. The normalized spacial score (nSPS) is 23.5. The predicted octanol–water partition coefficient (Wildman–Crippen LogP) is 4.61. The van der Waals surface area contributed by atoms with Crippen molar-refractivity contribution < 1.29 is 22.7 Å². The van der Waals surface area contributed by atoms with Crippen LogP contribution in [0.5, 0.6) is 0 Å². The van der Waals surface area contributed by atoms with Crippen LogP contribution in [-0.4, -0.2) is 64.3 Å². The minimum absolute atomic E-state index is 0.0781. The Morgan fingerprint density at radius 3 is 2.64 bits per heavy atom. The molecule has 7 nitrogen and oxygen atoms in total. The summed E-state index contributed by atoms with van der Waals surface area (Å²) in [5.41, 5.74) is 1.54. The lowest BCUT2D eigenvalue weighted by atomic mass is 9.84. The van der Waals surface area contributed by atoms with Crippen LogP contribution in [0, 0.1) is 5.92 Å². The van der Waals surface area contributed by atoms with Gasteiger partial charge in [0.2, 0.25) is 0 Å². The van der Waals surface area contributed by atoms with Gasteiger partial charge in [0.1, 0.15) is 5.52 Å². The molecule has 1 saturated heterocycles. The van der Waals surface area contributed by atoms with Crippen molar-refractivity contribution in [2.45, 2.75) is 44.5 Å². The van der Waals surface area contributed by atoms with E-state index in [9.17, 15) is 18.0 Å². The first-order chi connectivity index (χ1) is 15.8. The minimum atomic E-state index is -4.54. The van der Waals surface area contributed by atoms with Crippen LogP contribution >= 0.6 is 0 Å². The number of aromatic nitrogens is 3. The summed E-state index contributed by atoms with van der Waals surface area (Å²) in [6, 6.07) is 3.14. The molecule has 1 aromatic heterocycles. The van der Waals surface area contributed by atoms with E-state index in [1.165, 1.54) is 4.68 Å². The van der Waals surface area contributed by atoms with Crippen LogP contribution in [0.3, 0.4) is 0 Å². The van der Waals surface area contributed by atoms with Crippen LogP contribution in [0.2, 0.25) is 0 Å². The number of benzene rings is 1. The molecule has 2 atom stereocenters. The monoisotopic (exact) mass is 461 g/mol. The Morgan fingerprint density at radius 2 is 2.03 bits per heavy atom. The molecule has 2 aromatic rings. The summed E-state index contributed by atoms with van der Waals surface area (Å²) in [4.78, 5) is 15.7. The van der Waals surface area contributed by atoms with Crippen LogP contribution in [0.1, 0.15) is 43.2 Å². The molecule has 0 N–H and O–H groups in total. The van der Waals surface area contributed by atoms with Gasteiger partial charge in [0.15, 0.2) is 6.23 Å². The van der Waals surface area contributed by atoms with Crippen LogP contribution in [0.4, 0.5) is 18.0 Å². The van der Waals surface area contributed by atoms with Gasteiger partial charge in [-0.3, -0.25) is 0 Å². The molecule has 1 aromatic carbocycles. The topological polar surface area (TPSA) is 63.5 Å². The molecule has 0 bridgehead atoms. The van der Waals surface area contributed by atoms with Gasteiger partial charge in [0.25, 0.3) is 0 Å².